The molecule has 0 N–H and O–H groups in total. The Labute approximate surface area is 244 Å². The first kappa shape index (κ1) is 24.6. The minimum atomic E-state index is 0.00728. The van der Waals surface area contributed by atoms with E-state index in [4.69, 9.17) is 9.97 Å². The predicted molar refractivity (Wildman–Crippen MR) is 175 cm³/mol. The third kappa shape index (κ3) is 3.76. The molecule has 8 aromatic rings. The standard InChI is InChI=1S/C38H30N4/c1-38(2,3)27-20-21-39-35(23-27)42-34-19-10-8-17-30(34)32-24-31-29-16-7-9-18-33(29)41(36(31)40-37(32)42)28-15-11-14-26(22-28)25-12-5-4-6-13-25/h4-24H,1-3H3. The van der Waals surface area contributed by atoms with Crippen LogP contribution in [0, 0.1) is 0 Å². The van der Waals surface area contributed by atoms with Crippen LogP contribution in [0.1, 0.15) is 26.3 Å². The van der Waals surface area contributed by atoms with E-state index >= 15 is 0 Å². The molecule has 0 saturated heterocycles. The van der Waals surface area contributed by atoms with Gasteiger partial charge in [-0.25, -0.2) is 9.97 Å². The molecule has 0 bridgehead atoms. The Balaban J connectivity index is 1.47. The first-order valence-corrected chi connectivity index (χ1v) is 14.4. The second-order valence-corrected chi connectivity index (χ2v) is 12.0. The van der Waals surface area contributed by atoms with Crippen molar-refractivity contribution >= 4 is 43.9 Å². The zero-order valence-corrected chi connectivity index (χ0v) is 23.9. The maximum Gasteiger partial charge on any atom is 0.149 e. The molecule has 0 fully saturated rings. The van der Waals surface area contributed by atoms with E-state index in [1.165, 1.54) is 27.5 Å². The van der Waals surface area contributed by atoms with Crippen molar-refractivity contribution in [3.8, 4) is 22.6 Å². The Hall–Kier alpha value is -5.22. The number of aromatic nitrogens is 4. The highest BCUT2D eigenvalue weighted by atomic mass is 15.1. The molecule has 0 aliphatic carbocycles. The van der Waals surface area contributed by atoms with Crippen LogP contribution >= 0.6 is 0 Å². The lowest BCUT2D eigenvalue weighted by molar-refractivity contribution is 0.588. The molecule has 0 amide bonds. The van der Waals surface area contributed by atoms with E-state index in [1.54, 1.807) is 0 Å². The molecular formula is C38H30N4. The maximum atomic E-state index is 5.48. The van der Waals surface area contributed by atoms with Crippen LogP contribution < -0.4 is 0 Å². The van der Waals surface area contributed by atoms with Gasteiger partial charge in [-0.2, -0.15) is 0 Å². The van der Waals surface area contributed by atoms with Gasteiger partial charge in [0, 0.05) is 33.4 Å². The summed E-state index contributed by atoms with van der Waals surface area (Å²) in [7, 11) is 0. The number of para-hydroxylation sites is 2. The van der Waals surface area contributed by atoms with Gasteiger partial charge in [-0.1, -0.05) is 99.6 Å². The van der Waals surface area contributed by atoms with E-state index in [1.807, 2.05) is 6.20 Å². The van der Waals surface area contributed by atoms with Crippen molar-refractivity contribution in [3.05, 3.63) is 133 Å². The van der Waals surface area contributed by atoms with Gasteiger partial charge in [0.2, 0.25) is 0 Å². The monoisotopic (exact) mass is 542 g/mol. The van der Waals surface area contributed by atoms with Gasteiger partial charge in [-0.15, -0.1) is 0 Å². The van der Waals surface area contributed by atoms with Crippen LogP contribution in [0.15, 0.2) is 128 Å². The largest absolute Gasteiger partial charge is 0.294 e. The lowest BCUT2D eigenvalue weighted by Gasteiger charge is -2.19. The van der Waals surface area contributed by atoms with Gasteiger partial charge in [0.1, 0.15) is 17.1 Å². The number of hydrogen-bond acceptors (Lipinski definition) is 2. The zero-order chi connectivity index (χ0) is 28.4. The van der Waals surface area contributed by atoms with Gasteiger partial charge >= 0.3 is 0 Å². The van der Waals surface area contributed by atoms with Gasteiger partial charge in [0.05, 0.1) is 11.0 Å². The molecule has 202 valence electrons. The Bertz CT molecular complexity index is 2280. The SMILES string of the molecule is CC(C)(C)c1ccnc(-n2c3ccccc3c3cc4c5ccccc5n(-c5cccc(-c6ccccc6)c5)c4nc32)c1. The highest BCUT2D eigenvalue weighted by Gasteiger charge is 2.21. The van der Waals surface area contributed by atoms with Crippen molar-refractivity contribution in [2.45, 2.75) is 26.2 Å². The van der Waals surface area contributed by atoms with Crippen molar-refractivity contribution < 1.29 is 0 Å². The summed E-state index contributed by atoms with van der Waals surface area (Å²) in [6.07, 6.45) is 1.92. The topological polar surface area (TPSA) is 35.6 Å². The molecule has 0 aliphatic rings. The van der Waals surface area contributed by atoms with E-state index in [-0.39, 0.29) is 5.41 Å². The van der Waals surface area contributed by atoms with Crippen molar-refractivity contribution in [1.29, 1.82) is 0 Å². The van der Waals surface area contributed by atoms with Crippen LogP contribution in [-0.2, 0) is 5.41 Å². The average Bonchev–Trinajstić information content (AvgIpc) is 3.52. The first-order valence-electron chi connectivity index (χ1n) is 14.4. The van der Waals surface area contributed by atoms with Crippen molar-refractivity contribution in [2.75, 3.05) is 0 Å². The molecule has 0 saturated carbocycles. The molecule has 0 atom stereocenters. The number of nitrogens with zero attached hydrogens (tertiary/aromatic N) is 4. The van der Waals surface area contributed by atoms with E-state index in [2.05, 4.69) is 151 Å². The summed E-state index contributed by atoms with van der Waals surface area (Å²) in [6, 6.07) is 43.1. The molecule has 0 spiro atoms. The van der Waals surface area contributed by atoms with Gasteiger partial charge in [0.15, 0.2) is 0 Å². The Kier molecular flexibility index (Phi) is 5.35. The van der Waals surface area contributed by atoms with Crippen LogP contribution in [0.3, 0.4) is 0 Å². The lowest BCUT2D eigenvalue weighted by atomic mass is 9.88. The lowest BCUT2D eigenvalue weighted by Crippen LogP contribution is -2.12. The summed E-state index contributed by atoms with van der Waals surface area (Å²) >= 11 is 0. The Morgan fingerprint density at radius 1 is 0.524 bits per heavy atom. The molecule has 4 aromatic carbocycles. The fourth-order valence-electron chi connectivity index (χ4n) is 6.21. The zero-order valence-electron chi connectivity index (χ0n) is 23.9. The second kappa shape index (κ2) is 9.15. The fourth-order valence-corrected chi connectivity index (χ4v) is 6.21. The number of rotatable bonds is 3. The second-order valence-electron chi connectivity index (χ2n) is 12.0. The molecule has 0 radical (unpaired) electrons. The minimum Gasteiger partial charge on any atom is -0.294 e. The first-order chi connectivity index (χ1) is 20.5. The van der Waals surface area contributed by atoms with E-state index < -0.39 is 0 Å². The van der Waals surface area contributed by atoms with E-state index in [0.29, 0.717) is 0 Å². The Morgan fingerprint density at radius 3 is 1.86 bits per heavy atom. The summed E-state index contributed by atoms with van der Waals surface area (Å²) < 4.78 is 4.53. The summed E-state index contributed by atoms with van der Waals surface area (Å²) in [6.45, 7) is 6.71. The molecule has 4 heteroatoms. The van der Waals surface area contributed by atoms with Gasteiger partial charge < -0.3 is 0 Å². The number of fused-ring (bicyclic) bond motifs is 6. The van der Waals surface area contributed by atoms with Gasteiger partial charge in [-0.05, 0) is 64.6 Å². The van der Waals surface area contributed by atoms with Gasteiger partial charge in [0.25, 0.3) is 0 Å². The average molecular weight is 543 g/mol. The highest BCUT2D eigenvalue weighted by Crippen LogP contribution is 2.38. The van der Waals surface area contributed by atoms with E-state index in [0.717, 1.165) is 44.6 Å². The Morgan fingerprint density at radius 2 is 1.14 bits per heavy atom. The molecule has 0 unspecified atom stereocenters. The number of hydrogen-bond donors (Lipinski definition) is 0. The number of benzene rings is 4. The van der Waals surface area contributed by atoms with Crippen molar-refractivity contribution in [1.82, 2.24) is 19.1 Å². The molecular weight excluding hydrogens is 512 g/mol. The normalized spacial score (nSPS) is 12.2. The fraction of sp³-hybridized carbons (Fsp3) is 0.105. The highest BCUT2D eigenvalue weighted by molar-refractivity contribution is 6.16. The smallest absolute Gasteiger partial charge is 0.149 e. The van der Waals surface area contributed by atoms with Crippen molar-refractivity contribution in [2.24, 2.45) is 0 Å². The summed E-state index contributed by atoms with van der Waals surface area (Å²) in [4.78, 5) is 10.3. The minimum absolute atomic E-state index is 0.00728. The molecule has 0 aliphatic heterocycles. The molecule has 8 rings (SSSR count). The van der Waals surface area contributed by atoms with Crippen LogP contribution in [0.25, 0.3) is 66.5 Å². The third-order valence-corrected chi connectivity index (χ3v) is 8.33. The summed E-state index contributed by atoms with van der Waals surface area (Å²) in [5.41, 5.74) is 8.80. The van der Waals surface area contributed by atoms with Crippen LogP contribution in [-0.4, -0.2) is 19.1 Å². The van der Waals surface area contributed by atoms with Gasteiger partial charge in [-0.3, -0.25) is 9.13 Å². The summed E-state index contributed by atoms with van der Waals surface area (Å²) in [5.74, 6) is 0.884. The molecule has 42 heavy (non-hydrogen) atoms. The summed E-state index contributed by atoms with van der Waals surface area (Å²) in [5, 5.41) is 4.63. The molecule has 4 nitrogen and oxygen atoms in total. The van der Waals surface area contributed by atoms with Crippen LogP contribution in [0.2, 0.25) is 0 Å². The van der Waals surface area contributed by atoms with Crippen molar-refractivity contribution in [3.63, 3.8) is 0 Å². The van der Waals surface area contributed by atoms with E-state index in [9.17, 15) is 0 Å². The number of pyridine rings is 2. The third-order valence-electron chi connectivity index (χ3n) is 8.33. The van der Waals surface area contributed by atoms with Crippen LogP contribution in [0.4, 0.5) is 0 Å². The quantitative estimate of drug-likeness (QED) is 0.223. The predicted octanol–water partition coefficient (Wildman–Crippen LogP) is 9.64. The molecule has 4 heterocycles. The van der Waals surface area contributed by atoms with Crippen LogP contribution in [0.5, 0.6) is 0 Å². The molecule has 4 aromatic heterocycles. The maximum absolute atomic E-state index is 5.48.